The largest absolute Gasteiger partial charge is 0.507 e. The van der Waals surface area contributed by atoms with Crippen LogP contribution in [-0.2, 0) is 0 Å². The van der Waals surface area contributed by atoms with Crippen molar-refractivity contribution < 1.29 is 5.11 Å². The molecule has 1 heterocycles. The fraction of sp³-hybridized carbons (Fsp3) is 0. The lowest BCUT2D eigenvalue weighted by atomic mass is 10.0. The molecule has 2 nitrogen and oxygen atoms in total. The van der Waals surface area contributed by atoms with Gasteiger partial charge in [-0.3, -0.25) is 4.98 Å². The maximum atomic E-state index is 10.3. The molecule has 17 heavy (non-hydrogen) atoms. The third kappa shape index (κ3) is 1.64. The van der Waals surface area contributed by atoms with E-state index in [1.54, 1.807) is 6.20 Å². The lowest BCUT2D eigenvalue weighted by Crippen LogP contribution is -1.84. The molecule has 0 radical (unpaired) electrons. The van der Waals surface area contributed by atoms with E-state index >= 15 is 0 Å². The number of rotatable bonds is 1. The van der Waals surface area contributed by atoms with Crippen LogP contribution in [0, 0.1) is 0 Å². The minimum atomic E-state index is 0.293. The van der Waals surface area contributed by atoms with Crippen LogP contribution in [0.3, 0.4) is 0 Å². The van der Waals surface area contributed by atoms with E-state index in [0.29, 0.717) is 5.75 Å². The van der Waals surface area contributed by atoms with Crippen molar-refractivity contribution in [2.45, 2.75) is 0 Å². The highest BCUT2D eigenvalue weighted by Gasteiger charge is 2.08. The molecule has 0 saturated heterocycles. The number of aromatic hydroxyl groups is 1. The summed E-state index contributed by atoms with van der Waals surface area (Å²) < 4.78 is 0. The molecule has 1 aromatic heterocycles. The summed E-state index contributed by atoms with van der Waals surface area (Å²) in [5.41, 5.74) is 2.55. The Morgan fingerprint density at radius 3 is 2.35 bits per heavy atom. The molecule has 0 aliphatic carbocycles. The van der Waals surface area contributed by atoms with Gasteiger partial charge in [0.05, 0.1) is 5.52 Å². The van der Waals surface area contributed by atoms with E-state index in [0.717, 1.165) is 22.0 Å². The highest BCUT2D eigenvalue weighted by atomic mass is 16.3. The first-order chi connectivity index (χ1) is 8.36. The zero-order valence-electron chi connectivity index (χ0n) is 9.17. The molecule has 2 aromatic carbocycles. The van der Waals surface area contributed by atoms with Crippen molar-refractivity contribution in [2.24, 2.45) is 0 Å². The Bertz CT molecular complexity index is 662. The predicted molar refractivity (Wildman–Crippen MR) is 68.8 cm³/mol. The van der Waals surface area contributed by atoms with E-state index in [4.69, 9.17) is 0 Å². The second-order valence-electron chi connectivity index (χ2n) is 3.90. The summed E-state index contributed by atoms with van der Waals surface area (Å²) in [5.74, 6) is 0.293. The molecule has 82 valence electrons. The Labute approximate surface area is 99.2 Å². The summed E-state index contributed by atoms with van der Waals surface area (Å²) in [6.07, 6.45) is 1.72. The highest BCUT2D eigenvalue weighted by Crippen LogP contribution is 2.33. The number of hydrogen-bond acceptors (Lipinski definition) is 2. The number of hydrogen-bond donors (Lipinski definition) is 1. The second-order valence-corrected chi connectivity index (χ2v) is 3.90. The summed E-state index contributed by atoms with van der Waals surface area (Å²) in [6.45, 7) is 0. The quantitative estimate of drug-likeness (QED) is 0.681. The van der Waals surface area contributed by atoms with Gasteiger partial charge in [-0.15, -0.1) is 0 Å². The molecule has 0 saturated carbocycles. The average Bonchev–Trinajstić information content (AvgIpc) is 2.40. The lowest BCUT2D eigenvalue weighted by Gasteiger charge is -2.07. The minimum Gasteiger partial charge on any atom is -0.507 e. The topological polar surface area (TPSA) is 33.1 Å². The molecule has 0 aliphatic heterocycles. The molecule has 0 aliphatic rings. The van der Waals surface area contributed by atoms with Crippen LogP contribution in [0.2, 0.25) is 0 Å². The van der Waals surface area contributed by atoms with Crippen LogP contribution in [0.25, 0.3) is 22.0 Å². The molecule has 0 amide bonds. The van der Waals surface area contributed by atoms with Crippen LogP contribution >= 0.6 is 0 Å². The van der Waals surface area contributed by atoms with Gasteiger partial charge >= 0.3 is 0 Å². The maximum absolute atomic E-state index is 10.3. The molecule has 0 atom stereocenters. The van der Waals surface area contributed by atoms with Crippen LogP contribution in [0.5, 0.6) is 5.75 Å². The first kappa shape index (κ1) is 9.85. The minimum absolute atomic E-state index is 0.293. The lowest BCUT2D eigenvalue weighted by molar-refractivity contribution is 0.483. The van der Waals surface area contributed by atoms with Crippen molar-refractivity contribution >= 4 is 10.9 Å². The SMILES string of the molecule is Oc1c(-c2ccccc2)cnc2ccccc12. The van der Waals surface area contributed by atoms with Gasteiger partial charge in [-0.2, -0.15) is 0 Å². The van der Waals surface area contributed by atoms with Gasteiger partial charge in [0, 0.05) is 17.1 Å². The van der Waals surface area contributed by atoms with Crippen molar-refractivity contribution in [3.05, 3.63) is 60.8 Å². The third-order valence-corrected chi connectivity index (χ3v) is 2.83. The average molecular weight is 221 g/mol. The molecule has 0 bridgehead atoms. The number of pyridine rings is 1. The Hall–Kier alpha value is -2.35. The van der Waals surface area contributed by atoms with Crippen molar-refractivity contribution in [3.63, 3.8) is 0 Å². The summed E-state index contributed by atoms with van der Waals surface area (Å²) >= 11 is 0. The van der Waals surface area contributed by atoms with Crippen LogP contribution in [0.4, 0.5) is 0 Å². The Kier molecular flexibility index (Phi) is 2.26. The van der Waals surface area contributed by atoms with E-state index in [-0.39, 0.29) is 0 Å². The zero-order chi connectivity index (χ0) is 11.7. The van der Waals surface area contributed by atoms with Gasteiger partial charge in [0.25, 0.3) is 0 Å². The Morgan fingerprint density at radius 2 is 1.53 bits per heavy atom. The molecule has 2 heteroatoms. The predicted octanol–water partition coefficient (Wildman–Crippen LogP) is 3.61. The first-order valence-corrected chi connectivity index (χ1v) is 5.48. The number of benzene rings is 2. The number of nitrogens with zero attached hydrogens (tertiary/aromatic N) is 1. The fourth-order valence-electron chi connectivity index (χ4n) is 1.96. The molecule has 0 fully saturated rings. The number of aromatic nitrogens is 1. The van der Waals surface area contributed by atoms with Crippen LogP contribution in [0.15, 0.2) is 60.8 Å². The van der Waals surface area contributed by atoms with Gasteiger partial charge in [0.1, 0.15) is 5.75 Å². The van der Waals surface area contributed by atoms with Gasteiger partial charge in [0.2, 0.25) is 0 Å². The summed E-state index contributed by atoms with van der Waals surface area (Å²) in [5, 5.41) is 11.0. The Balaban J connectivity index is 2.29. The number of para-hydroxylation sites is 1. The molecule has 0 spiro atoms. The van der Waals surface area contributed by atoms with Crippen LogP contribution in [-0.4, -0.2) is 10.1 Å². The van der Waals surface area contributed by atoms with Gasteiger partial charge in [-0.1, -0.05) is 42.5 Å². The maximum Gasteiger partial charge on any atom is 0.134 e. The number of fused-ring (bicyclic) bond motifs is 1. The normalized spacial score (nSPS) is 10.6. The van der Waals surface area contributed by atoms with Gasteiger partial charge in [0.15, 0.2) is 0 Å². The third-order valence-electron chi connectivity index (χ3n) is 2.83. The summed E-state index contributed by atoms with van der Waals surface area (Å²) in [6, 6.07) is 17.4. The van der Waals surface area contributed by atoms with Gasteiger partial charge < -0.3 is 5.11 Å². The smallest absolute Gasteiger partial charge is 0.134 e. The standard InChI is InChI=1S/C15H11NO/c17-15-12-8-4-5-9-14(12)16-10-13(15)11-6-2-1-3-7-11/h1-10H,(H,16,17). The van der Waals surface area contributed by atoms with E-state index in [9.17, 15) is 5.11 Å². The van der Waals surface area contributed by atoms with Crippen LogP contribution in [0.1, 0.15) is 0 Å². The summed E-state index contributed by atoms with van der Waals surface area (Å²) in [7, 11) is 0. The fourth-order valence-corrected chi connectivity index (χ4v) is 1.96. The van der Waals surface area contributed by atoms with E-state index in [1.165, 1.54) is 0 Å². The van der Waals surface area contributed by atoms with Crippen LogP contribution < -0.4 is 0 Å². The zero-order valence-corrected chi connectivity index (χ0v) is 9.17. The van der Waals surface area contributed by atoms with Gasteiger partial charge in [-0.05, 0) is 17.7 Å². The molecule has 1 N–H and O–H groups in total. The van der Waals surface area contributed by atoms with Crippen molar-refractivity contribution in [1.29, 1.82) is 0 Å². The molecular formula is C15H11NO. The van der Waals surface area contributed by atoms with Gasteiger partial charge in [-0.25, -0.2) is 0 Å². The van der Waals surface area contributed by atoms with Crippen molar-refractivity contribution in [1.82, 2.24) is 4.98 Å². The van der Waals surface area contributed by atoms with Crippen molar-refractivity contribution in [2.75, 3.05) is 0 Å². The van der Waals surface area contributed by atoms with E-state index < -0.39 is 0 Å². The highest BCUT2D eigenvalue weighted by molar-refractivity contribution is 5.91. The monoisotopic (exact) mass is 221 g/mol. The van der Waals surface area contributed by atoms with Crippen molar-refractivity contribution in [3.8, 4) is 16.9 Å². The molecular weight excluding hydrogens is 210 g/mol. The first-order valence-electron chi connectivity index (χ1n) is 5.48. The van der Waals surface area contributed by atoms with E-state index in [1.807, 2.05) is 54.6 Å². The molecule has 0 unspecified atom stereocenters. The summed E-state index contributed by atoms with van der Waals surface area (Å²) in [4.78, 5) is 4.36. The van der Waals surface area contributed by atoms with E-state index in [2.05, 4.69) is 4.98 Å². The Morgan fingerprint density at radius 1 is 0.824 bits per heavy atom. The molecule has 3 rings (SSSR count). The second kappa shape index (κ2) is 3.91. The molecule has 3 aromatic rings.